The second-order valence-corrected chi connectivity index (χ2v) is 6.80. The van der Waals surface area contributed by atoms with Gasteiger partial charge in [0.1, 0.15) is 5.54 Å². The molecule has 1 aliphatic heterocycles. The van der Waals surface area contributed by atoms with Gasteiger partial charge in [0.05, 0.1) is 0 Å². The number of nitrogens with zero attached hydrogens (tertiary/aromatic N) is 1. The van der Waals surface area contributed by atoms with Gasteiger partial charge in [0.2, 0.25) is 0 Å². The molecule has 0 aromatic heterocycles. The third-order valence-corrected chi connectivity index (χ3v) is 5.00. The van der Waals surface area contributed by atoms with E-state index in [1.54, 1.807) is 0 Å². The van der Waals surface area contributed by atoms with Crippen molar-refractivity contribution in [1.29, 1.82) is 0 Å². The largest absolute Gasteiger partial charge is 0.480 e. The summed E-state index contributed by atoms with van der Waals surface area (Å²) in [6.07, 6.45) is 6.66. The number of carbonyl (C=O) groups is 1. The number of hydrogen-bond acceptors (Lipinski definition) is 2. The minimum absolute atomic E-state index is 0.477. The minimum Gasteiger partial charge on any atom is -0.480 e. The van der Waals surface area contributed by atoms with Gasteiger partial charge in [-0.25, -0.2) is 0 Å². The zero-order valence-electron chi connectivity index (χ0n) is 12.0. The standard InChI is InChI=1S/C15H27NO2/c1-11-8-12(2)10-13(9-11)16-7-5-4-6-15(16,3)14(17)18/h11-13H,4-10H2,1-3H3,(H,17,18). The first-order valence-corrected chi connectivity index (χ1v) is 7.43. The highest BCUT2D eigenvalue weighted by Crippen LogP contribution is 2.38. The summed E-state index contributed by atoms with van der Waals surface area (Å²) in [4.78, 5) is 14.0. The van der Waals surface area contributed by atoms with Gasteiger partial charge in [-0.1, -0.05) is 13.8 Å². The molecule has 2 aliphatic rings. The molecule has 0 aromatic rings. The van der Waals surface area contributed by atoms with Crippen LogP contribution in [0.25, 0.3) is 0 Å². The van der Waals surface area contributed by atoms with Crippen molar-refractivity contribution in [3.05, 3.63) is 0 Å². The molecule has 3 heteroatoms. The molecule has 1 saturated heterocycles. The van der Waals surface area contributed by atoms with Gasteiger partial charge in [0.25, 0.3) is 0 Å². The van der Waals surface area contributed by atoms with Crippen molar-refractivity contribution in [3.8, 4) is 0 Å². The van der Waals surface area contributed by atoms with Gasteiger partial charge in [-0.15, -0.1) is 0 Å². The van der Waals surface area contributed by atoms with Crippen molar-refractivity contribution in [3.63, 3.8) is 0 Å². The lowest BCUT2D eigenvalue weighted by Crippen LogP contribution is -2.60. The maximum Gasteiger partial charge on any atom is 0.323 e. The van der Waals surface area contributed by atoms with Crippen LogP contribution in [0.15, 0.2) is 0 Å². The lowest BCUT2D eigenvalue weighted by atomic mass is 9.76. The fraction of sp³-hybridized carbons (Fsp3) is 0.933. The first-order valence-electron chi connectivity index (χ1n) is 7.43. The Morgan fingerprint density at radius 2 is 1.78 bits per heavy atom. The van der Waals surface area contributed by atoms with E-state index in [-0.39, 0.29) is 0 Å². The van der Waals surface area contributed by atoms with E-state index in [9.17, 15) is 9.90 Å². The highest BCUT2D eigenvalue weighted by atomic mass is 16.4. The summed E-state index contributed by atoms with van der Waals surface area (Å²) in [5.74, 6) is 0.838. The van der Waals surface area contributed by atoms with Gasteiger partial charge < -0.3 is 5.11 Å². The van der Waals surface area contributed by atoms with Crippen LogP contribution in [0.1, 0.15) is 59.3 Å². The van der Waals surface area contributed by atoms with Crippen molar-refractivity contribution in [2.24, 2.45) is 11.8 Å². The molecule has 0 amide bonds. The molecule has 3 unspecified atom stereocenters. The number of rotatable bonds is 2. The Balaban J connectivity index is 2.16. The second-order valence-electron chi connectivity index (χ2n) is 6.80. The molecule has 2 fully saturated rings. The average Bonchev–Trinajstić information content (AvgIpc) is 2.28. The lowest BCUT2D eigenvalue weighted by Gasteiger charge is -2.49. The summed E-state index contributed by atoms with van der Waals surface area (Å²) in [5, 5.41) is 9.59. The van der Waals surface area contributed by atoms with E-state index >= 15 is 0 Å². The van der Waals surface area contributed by atoms with Gasteiger partial charge in [-0.05, 0) is 63.8 Å². The molecule has 1 saturated carbocycles. The number of piperidine rings is 1. The SMILES string of the molecule is CC1CC(C)CC(N2CCCCC2(C)C(=O)O)C1. The molecule has 0 radical (unpaired) electrons. The monoisotopic (exact) mass is 253 g/mol. The predicted molar refractivity (Wildman–Crippen MR) is 72.6 cm³/mol. The molecule has 3 nitrogen and oxygen atoms in total. The molecular weight excluding hydrogens is 226 g/mol. The number of carboxylic acids is 1. The van der Waals surface area contributed by atoms with E-state index < -0.39 is 11.5 Å². The van der Waals surface area contributed by atoms with Gasteiger partial charge in [-0.2, -0.15) is 0 Å². The van der Waals surface area contributed by atoms with E-state index in [1.165, 1.54) is 19.3 Å². The summed E-state index contributed by atoms with van der Waals surface area (Å²) >= 11 is 0. The molecule has 3 atom stereocenters. The predicted octanol–water partition coefficient (Wildman–Crippen LogP) is 3.14. The second kappa shape index (κ2) is 5.20. The first kappa shape index (κ1) is 13.9. The Hall–Kier alpha value is -0.570. The fourth-order valence-corrected chi connectivity index (χ4v) is 4.12. The summed E-state index contributed by atoms with van der Waals surface area (Å²) < 4.78 is 0. The third-order valence-electron chi connectivity index (χ3n) is 5.00. The summed E-state index contributed by atoms with van der Waals surface area (Å²) in [6.45, 7) is 7.51. The Kier molecular flexibility index (Phi) is 4.00. The fourth-order valence-electron chi connectivity index (χ4n) is 4.12. The number of hydrogen-bond donors (Lipinski definition) is 1. The Morgan fingerprint density at radius 3 is 2.33 bits per heavy atom. The Labute approximate surface area is 111 Å². The quantitative estimate of drug-likeness (QED) is 0.822. The van der Waals surface area contributed by atoms with Gasteiger partial charge in [0, 0.05) is 6.04 Å². The van der Waals surface area contributed by atoms with E-state index in [4.69, 9.17) is 0 Å². The van der Waals surface area contributed by atoms with Crippen LogP contribution in [-0.2, 0) is 4.79 Å². The summed E-state index contributed by atoms with van der Waals surface area (Å²) in [6, 6.07) is 0.477. The summed E-state index contributed by atoms with van der Waals surface area (Å²) in [5.41, 5.74) is -0.625. The van der Waals surface area contributed by atoms with Gasteiger partial charge in [0.15, 0.2) is 0 Å². The third kappa shape index (κ3) is 2.56. The van der Waals surface area contributed by atoms with Crippen LogP contribution >= 0.6 is 0 Å². The van der Waals surface area contributed by atoms with Crippen molar-refractivity contribution in [2.75, 3.05) is 6.54 Å². The molecule has 0 spiro atoms. The van der Waals surface area contributed by atoms with E-state index in [2.05, 4.69) is 18.7 Å². The average molecular weight is 253 g/mol. The molecule has 104 valence electrons. The van der Waals surface area contributed by atoms with Crippen LogP contribution < -0.4 is 0 Å². The van der Waals surface area contributed by atoms with E-state index in [0.29, 0.717) is 6.04 Å². The zero-order valence-corrected chi connectivity index (χ0v) is 12.0. The van der Waals surface area contributed by atoms with Crippen molar-refractivity contribution in [1.82, 2.24) is 4.90 Å². The number of carboxylic acid groups (broad SMARTS) is 1. The van der Waals surface area contributed by atoms with Crippen molar-refractivity contribution in [2.45, 2.75) is 70.9 Å². The minimum atomic E-state index is -0.631. The van der Waals surface area contributed by atoms with Gasteiger partial charge in [-0.3, -0.25) is 9.69 Å². The molecule has 1 N–H and O–H groups in total. The molecule has 1 aliphatic carbocycles. The zero-order chi connectivity index (χ0) is 13.3. The normalized spacial score (nSPS) is 42.7. The molecule has 18 heavy (non-hydrogen) atoms. The van der Waals surface area contributed by atoms with E-state index in [0.717, 1.165) is 37.6 Å². The first-order chi connectivity index (χ1) is 8.43. The van der Waals surface area contributed by atoms with Crippen molar-refractivity contribution < 1.29 is 9.90 Å². The number of likely N-dealkylation sites (tertiary alicyclic amines) is 1. The molecule has 1 heterocycles. The lowest BCUT2D eigenvalue weighted by molar-refractivity contribution is -0.156. The smallest absolute Gasteiger partial charge is 0.323 e. The highest BCUT2D eigenvalue weighted by Gasteiger charge is 2.45. The molecule has 0 bridgehead atoms. The van der Waals surface area contributed by atoms with Crippen LogP contribution in [0, 0.1) is 11.8 Å². The Morgan fingerprint density at radius 1 is 1.17 bits per heavy atom. The molecule has 0 aromatic carbocycles. The highest BCUT2D eigenvalue weighted by molar-refractivity contribution is 5.78. The topological polar surface area (TPSA) is 40.5 Å². The van der Waals surface area contributed by atoms with Crippen LogP contribution in [0.2, 0.25) is 0 Å². The van der Waals surface area contributed by atoms with Crippen LogP contribution in [0.4, 0.5) is 0 Å². The van der Waals surface area contributed by atoms with Crippen molar-refractivity contribution >= 4 is 5.97 Å². The van der Waals surface area contributed by atoms with E-state index in [1.807, 2.05) is 6.92 Å². The maximum atomic E-state index is 11.7. The number of aliphatic carboxylic acids is 1. The Bertz CT molecular complexity index is 308. The summed E-state index contributed by atoms with van der Waals surface area (Å²) in [7, 11) is 0. The molecule has 2 rings (SSSR count). The van der Waals surface area contributed by atoms with Crippen LogP contribution in [0.3, 0.4) is 0 Å². The molecular formula is C15H27NO2. The van der Waals surface area contributed by atoms with Crippen LogP contribution in [-0.4, -0.2) is 34.1 Å². The van der Waals surface area contributed by atoms with Gasteiger partial charge >= 0.3 is 5.97 Å². The van der Waals surface area contributed by atoms with Crippen LogP contribution in [0.5, 0.6) is 0 Å². The maximum absolute atomic E-state index is 11.7.